The molecule has 14 heavy (non-hydrogen) atoms. The smallest absolute Gasteiger partial charge is 0.121 e. The number of benzene rings is 1. The predicted molar refractivity (Wildman–Crippen MR) is 57.7 cm³/mol. The summed E-state index contributed by atoms with van der Waals surface area (Å²) in [6, 6.07) is 6.02. The first kappa shape index (κ1) is 9.53. The molecule has 1 aliphatic rings. The molecule has 0 radical (unpaired) electrons. The van der Waals surface area contributed by atoms with E-state index in [4.69, 9.17) is 0 Å². The van der Waals surface area contributed by atoms with Crippen LogP contribution in [0.1, 0.15) is 29.9 Å². The van der Waals surface area contributed by atoms with Crippen LogP contribution in [0.15, 0.2) is 18.2 Å². The Labute approximate surface area is 85.0 Å². The van der Waals surface area contributed by atoms with Gasteiger partial charge in [0, 0.05) is 12.5 Å². The van der Waals surface area contributed by atoms with Gasteiger partial charge in [-0.15, -0.1) is 0 Å². The highest BCUT2D eigenvalue weighted by Gasteiger charge is 2.18. The molecular formula is C12H17NO. The lowest BCUT2D eigenvalue weighted by molar-refractivity contribution is 0.423. The predicted octanol–water partition coefficient (Wildman–Crippen LogP) is 2.17. The van der Waals surface area contributed by atoms with Crippen LogP contribution in [0.5, 0.6) is 5.75 Å². The van der Waals surface area contributed by atoms with Gasteiger partial charge in [0.1, 0.15) is 5.75 Å². The van der Waals surface area contributed by atoms with Crippen molar-refractivity contribution in [2.45, 2.75) is 25.7 Å². The second kappa shape index (κ2) is 4.01. The normalized spacial score (nSPS) is 22.2. The van der Waals surface area contributed by atoms with Gasteiger partial charge in [0.25, 0.3) is 0 Å². The summed E-state index contributed by atoms with van der Waals surface area (Å²) in [5.74, 6) is 0.977. The number of aryl methyl sites for hydroxylation is 1. The van der Waals surface area contributed by atoms with Crippen molar-refractivity contribution in [3.05, 3.63) is 29.3 Å². The maximum absolute atomic E-state index is 9.92. The molecule has 0 bridgehead atoms. The van der Waals surface area contributed by atoms with Crippen molar-refractivity contribution in [1.29, 1.82) is 0 Å². The molecule has 0 saturated carbocycles. The van der Waals surface area contributed by atoms with Gasteiger partial charge in [-0.05, 0) is 37.4 Å². The SMILES string of the molecule is Cc1cccc([C@@H]2CCCNC2)c1O. The molecule has 1 fully saturated rings. The Balaban J connectivity index is 2.26. The molecule has 1 atom stereocenters. The van der Waals surface area contributed by atoms with E-state index in [9.17, 15) is 5.11 Å². The van der Waals surface area contributed by atoms with Gasteiger partial charge in [0.15, 0.2) is 0 Å². The third-order valence-corrected chi connectivity index (χ3v) is 3.01. The van der Waals surface area contributed by atoms with Gasteiger partial charge >= 0.3 is 0 Å². The number of piperidine rings is 1. The lowest BCUT2D eigenvalue weighted by Gasteiger charge is -2.24. The number of nitrogens with one attached hydrogen (secondary N) is 1. The molecule has 1 aromatic rings. The van der Waals surface area contributed by atoms with Crippen LogP contribution in [0.25, 0.3) is 0 Å². The molecular weight excluding hydrogens is 174 g/mol. The molecule has 2 rings (SSSR count). The molecule has 0 aromatic heterocycles. The summed E-state index contributed by atoms with van der Waals surface area (Å²) in [7, 11) is 0. The number of phenols is 1. The quantitative estimate of drug-likeness (QED) is 0.713. The maximum Gasteiger partial charge on any atom is 0.121 e. The van der Waals surface area contributed by atoms with Crippen molar-refractivity contribution < 1.29 is 5.11 Å². The van der Waals surface area contributed by atoms with E-state index in [1.54, 1.807) is 0 Å². The molecule has 76 valence electrons. The van der Waals surface area contributed by atoms with E-state index in [1.807, 2.05) is 25.1 Å². The van der Waals surface area contributed by atoms with Gasteiger partial charge in [0.05, 0.1) is 0 Å². The zero-order chi connectivity index (χ0) is 9.97. The third kappa shape index (κ3) is 1.75. The first-order valence-electron chi connectivity index (χ1n) is 5.28. The Morgan fingerprint density at radius 2 is 2.29 bits per heavy atom. The molecule has 2 N–H and O–H groups in total. The third-order valence-electron chi connectivity index (χ3n) is 3.01. The zero-order valence-corrected chi connectivity index (χ0v) is 8.59. The highest BCUT2D eigenvalue weighted by Crippen LogP contribution is 2.32. The Kier molecular flexibility index (Phi) is 2.73. The van der Waals surface area contributed by atoms with Crippen LogP contribution in [0.2, 0.25) is 0 Å². The van der Waals surface area contributed by atoms with Crippen molar-refractivity contribution in [2.75, 3.05) is 13.1 Å². The summed E-state index contributed by atoms with van der Waals surface area (Å²) < 4.78 is 0. The minimum absolute atomic E-state index is 0.487. The van der Waals surface area contributed by atoms with Crippen LogP contribution in [0.3, 0.4) is 0 Å². The molecule has 1 aromatic carbocycles. The van der Waals surface area contributed by atoms with Crippen LogP contribution < -0.4 is 5.32 Å². The minimum Gasteiger partial charge on any atom is -0.507 e. The molecule has 0 amide bonds. The minimum atomic E-state index is 0.487. The van der Waals surface area contributed by atoms with Gasteiger partial charge in [0.2, 0.25) is 0 Å². The summed E-state index contributed by atoms with van der Waals surface area (Å²) in [6.07, 6.45) is 2.39. The molecule has 1 saturated heterocycles. The molecule has 0 spiro atoms. The largest absolute Gasteiger partial charge is 0.507 e. The van der Waals surface area contributed by atoms with Crippen molar-refractivity contribution in [3.8, 4) is 5.75 Å². The van der Waals surface area contributed by atoms with E-state index in [-0.39, 0.29) is 0 Å². The fourth-order valence-electron chi connectivity index (χ4n) is 2.13. The first-order valence-corrected chi connectivity index (χ1v) is 5.28. The van der Waals surface area contributed by atoms with Crippen LogP contribution in [0.4, 0.5) is 0 Å². The van der Waals surface area contributed by atoms with Gasteiger partial charge in [-0.25, -0.2) is 0 Å². The summed E-state index contributed by atoms with van der Waals surface area (Å²) in [6.45, 7) is 4.06. The van der Waals surface area contributed by atoms with Crippen molar-refractivity contribution >= 4 is 0 Å². The summed E-state index contributed by atoms with van der Waals surface area (Å²) in [4.78, 5) is 0. The summed E-state index contributed by atoms with van der Waals surface area (Å²) in [5, 5.41) is 13.3. The van der Waals surface area contributed by atoms with E-state index in [0.29, 0.717) is 11.7 Å². The number of aromatic hydroxyl groups is 1. The average Bonchev–Trinajstić information content (AvgIpc) is 2.23. The second-order valence-electron chi connectivity index (χ2n) is 4.06. The molecule has 1 heterocycles. The zero-order valence-electron chi connectivity index (χ0n) is 8.59. The summed E-state index contributed by atoms with van der Waals surface area (Å²) >= 11 is 0. The number of rotatable bonds is 1. The Bertz CT molecular complexity index is 316. The standard InChI is InChI=1S/C12H17NO/c1-9-4-2-6-11(12(9)14)10-5-3-7-13-8-10/h2,4,6,10,13-14H,3,5,7-8H2,1H3/t10-/m1/s1. The van der Waals surface area contributed by atoms with E-state index < -0.39 is 0 Å². The molecule has 0 unspecified atom stereocenters. The number of hydrogen-bond donors (Lipinski definition) is 2. The van der Waals surface area contributed by atoms with Crippen LogP contribution in [-0.2, 0) is 0 Å². The molecule has 0 aliphatic carbocycles. The van der Waals surface area contributed by atoms with Gasteiger partial charge in [-0.2, -0.15) is 0 Å². The average molecular weight is 191 g/mol. The van der Waals surface area contributed by atoms with E-state index in [2.05, 4.69) is 5.32 Å². The van der Waals surface area contributed by atoms with E-state index in [0.717, 1.165) is 24.2 Å². The monoisotopic (exact) mass is 191 g/mol. The van der Waals surface area contributed by atoms with Crippen molar-refractivity contribution in [3.63, 3.8) is 0 Å². The van der Waals surface area contributed by atoms with Crippen LogP contribution in [-0.4, -0.2) is 18.2 Å². The lowest BCUT2D eigenvalue weighted by atomic mass is 9.90. The fourth-order valence-corrected chi connectivity index (χ4v) is 2.13. The first-order chi connectivity index (χ1) is 6.79. The Hall–Kier alpha value is -1.02. The number of phenolic OH excluding ortho intramolecular Hbond substituents is 1. The Morgan fingerprint density at radius 3 is 3.00 bits per heavy atom. The van der Waals surface area contributed by atoms with Crippen molar-refractivity contribution in [1.82, 2.24) is 5.32 Å². The van der Waals surface area contributed by atoms with Crippen molar-refractivity contribution in [2.24, 2.45) is 0 Å². The number of hydrogen-bond acceptors (Lipinski definition) is 2. The Morgan fingerprint density at radius 1 is 1.43 bits per heavy atom. The van der Waals surface area contributed by atoms with Gasteiger partial charge in [-0.1, -0.05) is 18.2 Å². The maximum atomic E-state index is 9.92. The fraction of sp³-hybridized carbons (Fsp3) is 0.500. The highest BCUT2D eigenvalue weighted by atomic mass is 16.3. The van der Waals surface area contributed by atoms with E-state index >= 15 is 0 Å². The second-order valence-corrected chi connectivity index (χ2v) is 4.06. The molecule has 2 heteroatoms. The van der Waals surface area contributed by atoms with Crippen LogP contribution in [0, 0.1) is 6.92 Å². The lowest BCUT2D eigenvalue weighted by Crippen LogP contribution is -2.28. The molecule has 2 nitrogen and oxygen atoms in total. The topological polar surface area (TPSA) is 32.3 Å². The molecule has 1 aliphatic heterocycles. The van der Waals surface area contributed by atoms with Crippen LogP contribution >= 0.6 is 0 Å². The number of para-hydroxylation sites is 1. The highest BCUT2D eigenvalue weighted by molar-refractivity contribution is 5.41. The summed E-state index contributed by atoms with van der Waals surface area (Å²) in [5.41, 5.74) is 2.09. The van der Waals surface area contributed by atoms with E-state index in [1.165, 1.54) is 12.8 Å². The van der Waals surface area contributed by atoms with Gasteiger partial charge < -0.3 is 10.4 Å². The van der Waals surface area contributed by atoms with Gasteiger partial charge in [-0.3, -0.25) is 0 Å².